The second kappa shape index (κ2) is 11.0. The van der Waals surface area contributed by atoms with Gasteiger partial charge >= 0.3 is 0 Å². The van der Waals surface area contributed by atoms with Gasteiger partial charge in [-0.05, 0) is 75.7 Å². The van der Waals surface area contributed by atoms with Crippen molar-refractivity contribution in [1.82, 2.24) is 19.9 Å². The zero-order valence-electron chi connectivity index (χ0n) is 20.8. The van der Waals surface area contributed by atoms with Crippen LogP contribution in [-0.2, 0) is 13.2 Å². The summed E-state index contributed by atoms with van der Waals surface area (Å²) in [6, 6.07) is 10.7. The molecule has 1 fully saturated rings. The van der Waals surface area contributed by atoms with Gasteiger partial charge in [0.05, 0.1) is 19.8 Å². The van der Waals surface area contributed by atoms with Crippen LogP contribution in [0.25, 0.3) is 16.8 Å². The molecule has 1 aromatic carbocycles. The number of rotatable bonds is 10. The molecular weight excluding hydrogens is 458 g/mol. The Labute approximate surface area is 210 Å². The van der Waals surface area contributed by atoms with Gasteiger partial charge in [0.1, 0.15) is 28.4 Å². The molecule has 1 saturated heterocycles. The van der Waals surface area contributed by atoms with Crippen molar-refractivity contribution >= 4 is 17.1 Å². The summed E-state index contributed by atoms with van der Waals surface area (Å²) in [6.07, 6.45) is 7.58. The molecule has 0 unspecified atom stereocenters. The Morgan fingerprint density at radius 1 is 1.11 bits per heavy atom. The number of pyridine rings is 1. The summed E-state index contributed by atoms with van der Waals surface area (Å²) >= 11 is 0. The van der Waals surface area contributed by atoms with E-state index in [9.17, 15) is 5.11 Å². The molecule has 1 aliphatic heterocycles. The van der Waals surface area contributed by atoms with E-state index in [4.69, 9.17) is 18.9 Å². The molecule has 0 atom stereocenters. The average Bonchev–Trinajstić information content (AvgIpc) is 3.58. The van der Waals surface area contributed by atoms with E-state index < -0.39 is 0 Å². The number of oxazole rings is 1. The SMILES string of the molecule is CCOc1cc(CN(c2nc3ccnc(CO)c3o2)C2CCNCC2)cc(OCC)c1-n1cccc1. The number of fused-ring (bicyclic) bond motifs is 1. The molecule has 190 valence electrons. The van der Waals surface area contributed by atoms with Gasteiger partial charge in [-0.1, -0.05) is 0 Å². The van der Waals surface area contributed by atoms with Crippen molar-refractivity contribution in [2.75, 3.05) is 31.2 Å². The molecule has 1 aliphatic rings. The maximum absolute atomic E-state index is 9.73. The van der Waals surface area contributed by atoms with Crippen LogP contribution in [-0.4, -0.2) is 52.0 Å². The fourth-order valence-electron chi connectivity index (χ4n) is 4.80. The standard InChI is InChI=1S/C27H33N5O4/c1-3-34-23-15-19(16-24(35-4-2)25(23)31-13-5-6-14-31)17-32(20-7-10-28-11-8-20)27-30-21-9-12-29-22(18-33)26(21)36-27/h5-6,9,12-16,20,28,33H,3-4,7-8,10-11,17-18H2,1-2H3. The minimum atomic E-state index is -0.199. The van der Waals surface area contributed by atoms with E-state index in [2.05, 4.69) is 27.3 Å². The maximum Gasteiger partial charge on any atom is 0.299 e. The highest BCUT2D eigenvalue weighted by molar-refractivity contribution is 5.76. The summed E-state index contributed by atoms with van der Waals surface area (Å²) in [4.78, 5) is 11.3. The Kier molecular flexibility index (Phi) is 7.39. The number of aromatic nitrogens is 3. The van der Waals surface area contributed by atoms with E-state index in [-0.39, 0.29) is 12.6 Å². The van der Waals surface area contributed by atoms with Gasteiger partial charge in [0, 0.05) is 31.2 Å². The molecule has 4 aromatic rings. The largest absolute Gasteiger partial charge is 0.492 e. The normalized spacial score (nSPS) is 14.3. The van der Waals surface area contributed by atoms with Crippen molar-refractivity contribution in [3.63, 3.8) is 0 Å². The zero-order chi connectivity index (χ0) is 24.9. The fraction of sp³-hybridized carbons (Fsp3) is 0.407. The molecule has 0 radical (unpaired) electrons. The van der Waals surface area contributed by atoms with E-state index in [1.807, 2.05) is 49.0 Å². The second-order valence-electron chi connectivity index (χ2n) is 8.77. The van der Waals surface area contributed by atoms with Crippen LogP contribution in [0.4, 0.5) is 6.01 Å². The van der Waals surface area contributed by atoms with Crippen molar-refractivity contribution in [1.29, 1.82) is 0 Å². The Bertz CT molecular complexity index is 1250. The van der Waals surface area contributed by atoms with E-state index in [1.165, 1.54) is 0 Å². The lowest BCUT2D eigenvalue weighted by atomic mass is 10.0. The molecule has 4 heterocycles. The molecule has 0 aliphatic carbocycles. The zero-order valence-corrected chi connectivity index (χ0v) is 20.8. The summed E-state index contributed by atoms with van der Waals surface area (Å²) in [6.45, 7) is 7.31. The molecule has 0 bridgehead atoms. The molecule has 36 heavy (non-hydrogen) atoms. The van der Waals surface area contributed by atoms with E-state index >= 15 is 0 Å². The number of hydrogen-bond acceptors (Lipinski definition) is 8. The number of hydrogen-bond donors (Lipinski definition) is 2. The van der Waals surface area contributed by atoms with Gasteiger partial charge in [-0.15, -0.1) is 0 Å². The third-order valence-corrected chi connectivity index (χ3v) is 6.43. The van der Waals surface area contributed by atoms with Crippen LogP contribution in [0.5, 0.6) is 11.5 Å². The number of anilines is 1. The molecule has 9 heteroatoms. The van der Waals surface area contributed by atoms with Gasteiger partial charge in [-0.3, -0.25) is 4.98 Å². The van der Waals surface area contributed by atoms with Gasteiger partial charge in [0.2, 0.25) is 0 Å². The van der Waals surface area contributed by atoms with E-state index in [1.54, 1.807) is 6.20 Å². The number of aliphatic hydroxyl groups is 1. The topological polar surface area (TPSA) is 97.8 Å². The smallest absolute Gasteiger partial charge is 0.299 e. The highest BCUT2D eigenvalue weighted by Gasteiger charge is 2.27. The molecule has 0 saturated carbocycles. The van der Waals surface area contributed by atoms with Crippen molar-refractivity contribution in [3.05, 3.63) is 60.2 Å². The number of benzene rings is 1. The number of aliphatic hydroxyl groups excluding tert-OH is 1. The van der Waals surface area contributed by atoms with Crippen molar-refractivity contribution in [2.24, 2.45) is 0 Å². The Balaban J connectivity index is 1.57. The molecule has 9 nitrogen and oxygen atoms in total. The number of nitrogens with one attached hydrogen (secondary N) is 1. The van der Waals surface area contributed by atoms with Crippen molar-refractivity contribution in [2.45, 2.75) is 45.9 Å². The molecular formula is C27H33N5O4. The summed E-state index contributed by atoms with van der Waals surface area (Å²) in [7, 11) is 0. The minimum absolute atomic E-state index is 0.199. The van der Waals surface area contributed by atoms with Gasteiger partial charge < -0.3 is 33.8 Å². The van der Waals surface area contributed by atoms with Crippen molar-refractivity contribution < 1.29 is 19.0 Å². The van der Waals surface area contributed by atoms with Crippen LogP contribution in [0, 0.1) is 0 Å². The van der Waals surface area contributed by atoms with Crippen molar-refractivity contribution in [3.8, 4) is 17.2 Å². The maximum atomic E-state index is 9.73. The van der Waals surface area contributed by atoms with Crippen LogP contribution in [0.15, 0.2) is 53.3 Å². The van der Waals surface area contributed by atoms with Crippen LogP contribution < -0.4 is 19.7 Å². The van der Waals surface area contributed by atoms with Gasteiger partial charge in [0.15, 0.2) is 5.58 Å². The van der Waals surface area contributed by atoms with E-state index in [0.717, 1.165) is 48.7 Å². The molecule has 0 amide bonds. The van der Waals surface area contributed by atoms with Gasteiger partial charge in [-0.25, -0.2) is 0 Å². The third kappa shape index (κ3) is 4.89. The first-order valence-corrected chi connectivity index (χ1v) is 12.6. The Morgan fingerprint density at radius 3 is 2.44 bits per heavy atom. The van der Waals surface area contributed by atoms with Crippen LogP contribution in [0.2, 0.25) is 0 Å². The first kappa shape index (κ1) is 24.1. The average molecular weight is 492 g/mol. The first-order valence-electron chi connectivity index (χ1n) is 12.6. The van der Waals surface area contributed by atoms with Crippen LogP contribution >= 0.6 is 0 Å². The third-order valence-electron chi connectivity index (χ3n) is 6.43. The predicted octanol–water partition coefficient (Wildman–Crippen LogP) is 4.06. The summed E-state index contributed by atoms with van der Waals surface area (Å²) in [5, 5.41) is 13.2. The van der Waals surface area contributed by atoms with Gasteiger partial charge in [0.25, 0.3) is 6.01 Å². The molecule has 0 spiro atoms. The number of nitrogens with zero attached hydrogens (tertiary/aromatic N) is 4. The quantitative estimate of drug-likeness (QED) is 0.343. The Hall–Kier alpha value is -3.56. The molecule has 5 rings (SSSR count). The number of ether oxygens (including phenoxy) is 2. The predicted molar refractivity (Wildman–Crippen MR) is 138 cm³/mol. The fourth-order valence-corrected chi connectivity index (χ4v) is 4.80. The summed E-state index contributed by atoms with van der Waals surface area (Å²) in [5.74, 6) is 1.54. The van der Waals surface area contributed by atoms with Crippen LogP contribution in [0.3, 0.4) is 0 Å². The molecule has 3 aromatic heterocycles. The van der Waals surface area contributed by atoms with Gasteiger partial charge in [-0.2, -0.15) is 4.98 Å². The summed E-state index contributed by atoms with van der Waals surface area (Å²) < 4.78 is 20.4. The van der Waals surface area contributed by atoms with Crippen LogP contribution in [0.1, 0.15) is 37.9 Å². The number of piperidine rings is 1. The summed E-state index contributed by atoms with van der Waals surface area (Å²) in [5.41, 5.74) is 3.64. The minimum Gasteiger partial charge on any atom is -0.492 e. The lowest BCUT2D eigenvalue weighted by molar-refractivity contribution is 0.276. The second-order valence-corrected chi connectivity index (χ2v) is 8.77. The highest BCUT2D eigenvalue weighted by atomic mass is 16.5. The lowest BCUT2D eigenvalue weighted by Crippen LogP contribution is -2.43. The molecule has 2 N–H and O–H groups in total. The monoisotopic (exact) mass is 491 g/mol. The lowest BCUT2D eigenvalue weighted by Gasteiger charge is -2.34. The van der Waals surface area contributed by atoms with E-state index in [0.29, 0.717) is 42.6 Å². The first-order chi connectivity index (χ1) is 17.7. The Morgan fingerprint density at radius 2 is 1.81 bits per heavy atom. The highest BCUT2D eigenvalue weighted by Crippen LogP contribution is 2.37.